The Morgan fingerprint density at radius 1 is 0.891 bits per heavy atom. The van der Waals surface area contributed by atoms with E-state index in [1.165, 1.54) is 41.5 Å². The number of anilines is 2. The highest BCUT2D eigenvalue weighted by atomic mass is 32.1. The molecule has 1 amide bonds. The summed E-state index contributed by atoms with van der Waals surface area (Å²) in [7, 11) is 0. The van der Waals surface area contributed by atoms with Crippen molar-refractivity contribution in [1.82, 2.24) is 4.90 Å². The first-order valence-corrected chi connectivity index (χ1v) is 18.2. The van der Waals surface area contributed by atoms with E-state index in [1.54, 1.807) is 4.90 Å². The molecular weight excluding hydrogens is 598 g/mol. The van der Waals surface area contributed by atoms with E-state index in [4.69, 9.17) is 14.2 Å². The third kappa shape index (κ3) is 9.22. The fourth-order valence-electron chi connectivity index (χ4n) is 6.59. The number of amides is 1. The number of aliphatic hydroxyl groups excluding tert-OH is 1. The lowest BCUT2D eigenvalue weighted by molar-refractivity contribution is -0.262. The molecule has 46 heavy (non-hydrogen) atoms. The maximum absolute atomic E-state index is 13.2. The molecule has 1 unspecified atom stereocenters. The van der Waals surface area contributed by atoms with Gasteiger partial charge in [0.2, 0.25) is 5.91 Å². The van der Waals surface area contributed by atoms with Gasteiger partial charge in [-0.05, 0) is 61.0 Å². The monoisotopic (exact) mass is 651 g/mol. The van der Waals surface area contributed by atoms with Gasteiger partial charge in [0.25, 0.3) is 6.48 Å². The summed E-state index contributed by atoms with van der Waals surface area (Å²) in [5.74, 6) is 0.704. The molecule has 1 atom stereocenters. The molecule has 2 aliphatic rings. The largest absolute Gasteiger partial charge is 0.494 e. The maximum Gasteiger partial charge on any atom is 0.270 e. The van der Waals surface area contributed by atoms with E-state index in [0.29, 0.717) is 19.6 Å². The number of piperazine rings is 1. The Kier molecular flexibility index (Phi) is 12.7. The van der Waals surface area contributed by atoms with E-state index in [0.717, 1.165) is 75.4 Å². The van der Waals surface area contributed by atoms with Gasteiger partial charge in [-0.3, -0.25) is 14.6 Å². The normalized spacial score (nSPS) is 17.4. The van der Waals surface area contributed by atoms with Crippen LogP contribution < -0.4 is 14.5 Å². The second-order valence-corrected chi connectivity index (χ2v) is 14.2. The Hall–Kier alpha value is -2.69. The average Bonchev–Trinajstić information content (AvgIpc) is 3.53. The van der Waals surface area contributed by atoms with Gasteiger partial charge >= 0.3 is 0 Å². The molecule has 252 valence electrons. The Morgan fingerprint density at radius 3 is 2.50 bits per heavy atom. The number of hydrogen-bond donors (Lipinski definition) is 1. The van der Waals surface area contributed by atoms with Gasteiger partial charge in [-0.15, -0.1) is 11.3 Å². The third-order valence-corrected chi connectivity index (χ3v) is 10.2. The van der Waals surface area contributed by atoms with Crippen LogP contribution in [0.4, 0.5) is 11.4 Å². The summed E-state index contributed by atoms with van der Waals surface area (Å²) in [5, 5.41) is 13.8. The lowest BCUT2D eigenvalue weighted by Crippen LogP contribution is -2.46. The zero-order chi connectivity index (χ0) is 32.4. The molecule has 3 heterocycles. The first-order valence-electron chi connectivity index (χ1n) is 17.3. The zero-order valence-corrected chi connectivity index (χ0v) is 28.9. The number of fused-ring (bicyclic) bond motifs is 2. The summed E-state index contributed by atoms with van der Waals surface area (Å²) in [4.78, 5) is 19.8. The van der Waals surface area contributed by atoms with Crippen LogP contribution in [0.3, 0.4) is 0 Å². The number of carbonyl (C=O) groups is 1. The van der Waals surface area contributed by atoms with Crippen LogP contribution in [0, 0.1) is 0 Å². The van der Waals surface area contributed by atoms with Crippen molar-refractivity contribution in [3.63, 3.8) is 0 Å². The molecule has 1 aromatic heterocycles. The molecule has 2 aliphatic heterocycles. The Morgan fingerprint density at radius 2 is 1.67 bits per heavy atom. The summed E-state index contributed by atoms with van der Waals surface area (Å²) in [6.45, 7) is 11.3. The molecule has 5 rings (SSSR count). The predicted molar refractivity (Wildman–Crippen MR) is 188 cm³/mol. The Balaban J connectivity index is 1.04. The lowest BCUT2D eigenvalue weighted by atomic mass is 9.77. The molecule has 9 heteroatoms. The van der Waals surface area contributed by atoms with Gasteiger partial charge in [-0.1, -0.05) is 65.0 Å². The fraction of sp³-hybridized carbons (Fsp3) is 0.595. The highest BCUT2D eigenvalue weighted by Gasteiger charge is 2.37. The summed E-state index contributed by atoms with van der Waals surface area (Å²) in [5.41, 5.74) is 2.91. The zero-order valence-electron chi connectivity index (χ0n) is 28.0. The van der Waals surface area contributed by atoms with E-state index >= 15 is 0 Å². The van der Waals surface area contributed by atoms with Gasteiger partial charge in [-0.25, -0.2) is 0 Å². The van der Waals surface area contributed by atoms with E-state index < -0.39 is 6.48 Å². The van der Waals surface area contributed by atoms with Crippen LogP contribution in [0.5, 0.6) is 5.75 Å². The minimum Gasteiger partial charge on any atom is -0.494 e. The number of unbranched alkanes of at least 4 members (excludes halogenated alkanes) is 6. The first-order chi connectivity index (χ1) is 22.4. The quantitative estimate of drug-likeness (QED) is 0.113. The first kappa shape index (κ1) is 34.6. The molecule has 3 aromatic rings. The van der Waals surface area contributed by atoms with E-state index in [2.05, 4.69) is 66.3 Å². The van der Waals surface area contributed by atoms with Gasteiger partial charge in [0.15, 0.2) is 0 Å². The number of nitrogens with zero attached hydrogens (tertiary/aromatic N) is 3. The van der Waals surface area contributed by atoms with Crippen molar-refractivity contribution >= 4 is 38.7 Å². The van der Waals surface area contributed by atoms with E-state index in [-0.39, 0.29) is 18.1 Å². The molecule has 0 radical (unpaired) electrons. The number of ether oxygens (including phenoxy) is 3. The third-order valence-electron chi connectivity index (χ3n) is 9.31. The number of hydrogen-bond acceptors (Lipinski definition) is 8. The summed E-state index contributed by atoms with van der Waals surface area (Å²) in [6.07, 6.45) is 9.27. The average molecular weight is 652 g/mol. The number of carbonyl (C=O) groups excluding carboxylic acids is 1. The number of benzene rings is 2. The highest BCUT2D eigenvalue weighted by molar-refractivity contribution is 7.17. The van der Waals surface area contributed by atoms with Crippen LogP contribution in [0.2, 0.25) is 0 Å². The second-order valence-electron chi connectivity index (χ2n) is 13.3. The molecular formula is C37H53N3O5S. The topological polar surface area (TPSA) is 74.7 Å². The lowest BCUT2D eigenvalue weighted by Gasteiger charge is -2.38. The summed E-state index contributed by atoms with van der Waals surface area (Å²) < 4.78 is 18.5. The predicted octanol–water partition coefficient (Wildman–Crippen LogP) is 7.52. The van der Waals surface area contributed by atoms with Crippen molar-refractivity contribution in [3.05, 3.63) is 53.4 Å². The molecule has 8 nitrogen and oxygen atoms in total. The molecule has 1 N–H and O–H groups in total. The van der Waals surface area contributed by atoms with Crippen molar-refractivity contribution in [3.8, 4) is 5.75 Å². The van der Waals surface area contributed by atoms with E-state index in [9.17, 15) is 9.90 Å². The summed E-state index contributed by atoms with van der Waals surface area (Å²) >= 11 is 1.81. The summed E-state index contributed by atoms with van der Waals surface area (Å²) in [6, 6.07) is 14.9. The number of rotatable bonds is 18. The van der Waals surface area contributed by atoms with Crippen molar-refractivity contribution < 1.29 is 24.1 Å². The smallest absolute Gasteiger partial charge is 0.270 e. The molecule has 0 saturated carbocycles. The molecule has 1 saturated heterocycles. The van der Waals surface area contributed by atoms with Gasteiger partial charge in [0, 0.05) is 59.9 Å². The Bertz CT molecular complexity index is 1390. The Labute approximate surface area is 279 Å². The van der Waals surface area contributed by atoms with Crippen LogP contribution in [0.1, 0.15) is 84.1 Å². The molecule has 1 fully saturated rings. The number of thiophene rings is 1. The SMILES string of the molecule is CCCCCCCCOC(O)OCN1C(=O)CC(C)(C)c2ccc(OCCCCN3CCN(c4cccc5sccc45)CC3)cc21. The van der Waals surface area contributed by atoms with Crippen molar-refractivity contribution in [2.75, 3.05) is 62.5 Å². The second kappa shape index (κ2) is 16.9. The van der Waals surface area contributed by atoms with Crippen LogP contribution in [-0.4, -0.2) is 75.1 Å². The van der Waals surface area contributed by atoms with Gasteiger partial charge in [0.05, 0.1) is 18.9 Å². The van der Waals surface area contributed by atoms with Crippen molar-refractivity contribution in [1.29, 1.82) is 0 Å². The van der Waals surface area contributed by atoms with Crippen LogP contribution >= 0.6 is 11.3 Å². The van der Waals surface area contributed by atoms with Crippen LogP contribution in [0.15, 0.2) is 47.8 Å². The molecule has 2 aromatic carbocycles. The van der Waals surface area contributed by atoms with E-state index in [1.807, 2.05) is 23.5 Å². The van der Waals surface area contributed by atoms with Gasteiger partial charge < -0.3 is 24.2 Å². The molecule has 0 aliphatic carbocycles. The number of aliphatic hydroxyl groups is 1. The van der Waals surface area contributed by atoms with Crippen LogP contribution in [-0.2, 0) is 19.7 Å². The van der Waals surface area contributed by atoms with Crippen LogP contribution in [0.25, 0.3) is 10.1 Å². The van der Waals surface area contributed by atoms with Crippen molar-refractivity contribution in [2.24, 2.45) is 0 Å². The standard InChI is InChI=1S/C37H53N3O5S/c1-4-5-6-7-8-10-24-44-36(42)45-28-40-33-26-29(15-16-31(33)37(2,3)27-35(40)41)43-23-11-9-18-38-19-21-39(22-20-38)32-13-12-14-34-30(32)17-25-46-34/h12-17,25-26,36,42H,4-11,18-24,27-28H2,1-3H3. The highest BCUT2D eigenvalue weighted by Crippen LogP contribution is 2.42. The fourth-order valence-corrected chi connectivity index (χ4v) is 7.40. The minimum absolute atomic E-state index is 0.0372. The van der Waals surface area contributed by atoms with Crippen molar-refractivity contribution in [2.45, 2.75) is 90.4 Å². The minimum atomic E-state index is -1.36. The van der Waals surface area contributed by atoms with Gasteiger partial charge in [0.1, 0.15) is 12.5 Å². The molecule has 0 bridgehead atoms. The van der Waals surface area contributed by atoms with Gasteiger partial charge in [-0.2, -0.15) is 0 Å². The molecule has 0 spiro atoms. The maximum atomic E-state index is 13.2.